The van der Waals surface area contributed by atoms with Gasteiger partial charge in [0.05, 0.1) is 13.2 Å². The maximum Gasteiger partial charge on any atom is 0.318 e. The van der Waals surface area contributed by atoms with E-state index in [4.69, 9.17) is 4.74 Å². The Labute approximate surface area is 158 Å². The number of hydrogen-bond donors (Lipinski definition) is 1. The number of amides is 2. The molecule has 0 bridgehead atoms. The molecule has 5 nitrogen and oxygen atoms in total. The largest absolute Gasteiger partial charge is 0.477 e. The number of ether oxygens (including phenoxy) is 1. The summed E-state index contributed by atoms with van der Waals surface area (Å²) < 4.78 is 19.5. The molecule has 2 aliphatic rings. The van der Waals surface area contributed by atoms with E-state index in [-0.39, 0.29) is 24.4 Å². The van der Waals surface area contributed by atoms with Gasteiger partial charge in [-0.1, -0.05) is 24.3 Å². The lowest BCUT2D eigenvalue weighted by atomic mass is 10.2. The smallest absolute Gasteiger partial charge is 0.318 e. The van der Waals surface area contributed by atoms with Gasteiger partial charge in [0.2, 0.25) is 5.88 Å². The summed E-state index contributed by atoms with van der Waals surface area (Å²) in [6, 6.07) is 10.4. The molecule has 1 aromatic carbocycles. The molecule has 2 aliphatic carbocycles. The average molecular weight is 369 g/mol. The van der Waals surface area contributed by atoms with E-state index in [0.717, 1.165) is 25.0 Å². The van der Waals surface area contributed by atoms with E-state index in [1.165, 1.54) is 18.9 Å². The van der Waals surface area contributed by atoms with Crippen molar-refractivity contribution >= 4 is 6.03 Å². The lowest BCUT2D eigenvalue weighted by molar-refractivity contribution is 0.191. The van der Waals surface area contributed by atoms with Gasteiger partial charge < -0.3 is 15.0 Å². The second kappa shape index (κ2) is 7.94. The zero-order valence-electron chi connectivity index (χ0n) is 15.2. The van der Waals surface area contributed by atoms with Gasteiger partial charge in [0, 0.05) is 30.4 Å². The number of hydrogen-bond acceptors (Lipinski definition) is 3. The Morgan fingerprint density at radius 2 is 2.00 bits per heavy atom. The Hall–Kier alpha value is -2.63. The van der Waals surface area contributed by atoms with Crippen molar-refractivity contribution < 1.29 is 13.9 Å². The van der Waals surface area contributed by atoms with Crippen LogP contribution in [0.5, 0.6) is 5.88 Å². The second-order valence-corrected chi connectivity index (χ2v) is 7.37. The van der Waals surface area contributed by atoms with E-state index < -0.39 is 0 Å². The molecule has 0 saturated heterocycles. The first-order valence-electron chi connectivity index (χ1n) is 9.54. The molecule has 0 radical (unpaired) electrons. The van der Waals surface area contributed by atoms with E-state index >= 15 is 0 Å². The number of carbonyl (C=O) groups is 1. The molecule has 0 spiro atoms. The van der Waals surface area contributed by atoms with Crippen molar-refractivity contribution in [2.45, 2.75) is 44.8 Å². The highest BCUT2D eigenvalue weighted by Gasteiger charge is 2.33. The number of aromatic nitrogens is 1. The lowest BCUT2D eigenvalue weighted by Gasteiger charge is -2.23. The molecule has 2 fully saturated rings. The van der Waals surface area contributed by atoms with Gasteiger partial charge in [0.25, 0.3) is 0 Å². The van der Waals surface area contributed by atoms with Gasteiger partial charge in [-0.3, -0.25) is 0 Å². The third-order valence-electron chi connectivity index (χ3n) is 4.95. The summed E-state index contributed by atoms with van der Waals surface area (Å²) in [5.41, 5.74) is 1.45. The molecule has 0 aliphatic heterocycles. The molecule has 2 amide bonds. The number of pyridine rings is 1. The van der Waals surface area contributed by atoms with Gasteiger partial charge in [0.15, 0.2) is 0 Å². The standard InChI is InChI=1S/C21H24FN3O2/c22-19-4-2-1-3-17(19)13-25(18-8-9-18)21(26)24-12-16-7-10-20(23-11-16)27-14-15-5-6-15/h1-4,7,10-11,15,18H,5-6,8-9,12-14H2,(H,24,26). The van der Waals surface area contributed by atoms with Gasteiger partial charge in [-0.05, 0) is 43.2 Å². The minimum Gasteiger partial charge on any atom is -0.477 e. The van der Waals surface area contributed by atoms with Crippen LogP contribution in [0.15, 0.2) is 42.6 Å². The molecule has 2 saturated carbocycles. The molecule has 1 heterocycles. The van der Waals surface area contributed by atoms with Crippen LogP contribution >= 0.6 is 0 Å². The number of nitrogens with one attached hydrogen (secondary N) is 1. The third-order valence-corrected chi connectivity index (χ3v) is 4.95. The highest BCUT2D eigenvalue weighted by molar-refractivity contribution is 5.75. The molecule has 4 rings (SSSR count). The number of benzene rings is 1. The quantitative estimate of drug-likeness (QED) is 0.768. The van der Waals surface area contributed by atoms with Crippen molar-refractivity contribution in [2.24, 2.45) is 5.92 Å². The van der Waals surface area contributed by atoms with Crippen molar-refractivity contribution in [2.75, 3.05) is 6.61 Å². The molecule has 2 aromatic rings. The number of urea groups is 1. The predicted molar refractivity (Wildman–Crippen MR) is 99.7 cm³/mol. The van der Waals surface area contributed by atoms with E-state index in [1.807, 2.05) is 12.1 Å². The summed E-state index contributed by atoms with van der Waals surface area (Å²) in [6.07, 6.45) is 6.15. The van der Waals surface area contributed by atoms with Crippen LogP contribution in [-0.2, 0) is 13.1 Å². The summed E-state index contributed by atoms with van der Waals surface area (Å²) in [6.45, 7) is 1.40. The fraction of sp³-hybridized carbons (Fsp3) is 0.429. The number of halogens is 1. The van der Waals surface area contributed by atoms with Gasteiger partial charge in [-0.2, -0.15) is 0 Å². The Kier molecular flexibility index (Phi) is 5.23. The Morgan fingerprint density at radius 3 is 2.67 bits per heavy atom. The number of rotatable bonds is 8. The third kappa shape index (κ3) is 4.96. The molecule has 0 atom stereocenters. The van der Waals surface area contributed by atoms with Crippen LogP contribution in [0.4, 0.5) is 9.18 Å². The minimum absolute atomic E-state index is 0.171. The normalized spacial score (nSPS) is 16.0. The average Bonchev–Trinajstić information content (AvgIpc) is 3.58. The highest BCUT2D eigenvalue weighted by Crippen LogP contribution is 2.30. The van der Waals surface area contributed by atoms with Crippen molar-refractivity contribution in [3.05, 3.63) is 59.5 Å². The minimum atomic E-state index is -0.276. The Bertz CT molecular complexity index is 788. The fourth-order valence-corrected chi connectivity index (χ4v) is 2.93. The van der Waals surface area contributed by atoms with Crippen molar-refractivity contribution in [3.63, 3.8) is 0 Å². The predicted octanol–water partition coefficient (Wildman–Crippen LogP) is 3.88. The molecule has 27 heavy (non-hydrogen) atoms. The first-order chi connectivity index (χ1) is 13.2. The summed E-state index contributed by atoms with van der Waals surface area (Å²) >= 11 is 0. The molecule has 142 valence electrons. The van der Waals surface area contributed by atoms with Gasteiger partial charge in [0.1, 0.15) is 5.82 Å². The molecular formula is C21H24FN3O2. The maximum atomic E-state index is 13.9. The van der Waals surface area contributed by atoms with Gasteiger partial charge in [-0.15, -0.1) is 0 Å². The van der Waals surface area contributed by atoms with Crippen molar-refractivity contribution in [3.8, 4) is 5.88 Å². The molecule has 0 unspecified atom stereocenters. The van der Waals surface area contributed by atoms with Crippen molar-refractivity contribution in [1.82, 2.24) is 15.2 Å². The summed E-state index contributed by atoms with van der Waals surface area (Å²) in [5.74, 6) is 1.03. The fourth-order valence-electron chi connectivity index (χ4n) is 2.93. The van der Waals surface area contributed by atoms with E-state index in [2.05, 4.69) is 10.3 Å². The summed E-state index contributed by atoms with van der Waals surface area (Å²) in [7, 11) is 0. The Morgan fingerprint density at radius 1 is 1.19 bits per heavy atom. The lowest BCUT2D eigenvalue weighted by Crippen LogP contribution is -2.40. The molecular weight excluding hydrogens is 345 g/mol. The van der Waals surface area contributed by atoms with Crippen LogP contribution in [0.1, 0.15) is 36.8 Å². The van der Waals surface area contributed by atoms with E-state index in [1.54, 1.807) is 29.3 Å². The van der Waals surface area contributed by atoms with Gasteiger partial charge in [-0.25, -0.2) is 14.2 Å². The topological polar surface area (TPSA) is 54.5 Å². The van der Waals surface area contributed by atoms with Gasteiger partial charge >= 0.3 is 6.03 Å². The van der Waals surface area contributed by atoms with Crippen LogP contribution in [-0.4, -0.2) is 28.6 Å². The van der Waals surface area contributed by atoms with Crippen molar-refractivity contribution in [1.29, 1.82) is 0 Å². The van der Waals surface area contributed by atoms with Crippen LogP contribution in [0, 0.1) is 11.7 Å². The molecule has 6 heteroatoms. The molecule has 1 aromatic heterocycles. The van der Waals surface area contributed by atoms with Crippen LogP contribution < -0.4 is 10.1 Å². The zero-order chi connectivity index (χ0) is 18.6. The summed E-state index contributed by atoms with van der Waals surface area (Å²) in [4.78, 5) is 18.6. The number of nitrogens with zero attached hydrogens (tertiary/aromatic N) is 2. The van der Waals surface area contributed by atoms with Crippen LogP contribution in [0.25, 0.3) is 0 Å². The first-order valence-corrected chi connectivity index (χ1v) is 9.54. The number of carbonyl (C=O) groups excluding carboxylic acids is 1. The molecule has 1 N–H and O–H groups in total. The maximum absolute atomic E-state index is 13.9. The van der Waals surface area contributed by atoms with E-state index in [0.29, 0.717) is 23.9 Å². The SMILES string of the molecule is O=C(NCc1ccc(OCC2CC2)nc1)N(Cc1ccccc1F)C1CC1. The first kappa shape index (κ1) is 17.8. The zero-order valence-corrected chi connectivity index (χ0v) is 15.2. The van der Waals surface area contributed by atoms with E-state index in [9.17, 15) is 9.18 Å². The monoisotopic (exact) mass is 369 g/mol. The van der Waals surface area contributed by atoms with Crippen LogP contribution in [0.2, 0.25) is 0 Å². The second-order valence-electron chi connectivity index (χ2n) is 7.37. The highest BCUT2D eigenvalue weighted by atomic mass is 19.1. The summed E-state index contributed by atoms with van der Waals surface area (Å²) in [5, 5.41) is 2.92. The van der Waals surface area contributed by atoms with Crippen LogP contribution in [0.3, 0.4) is 0 Å². The Balaban J connectivity index is 1.30.